The summed E-state index contributed by atoms with van der Waals surface area (Å²) in [6.07, 6.45) is 7.36. The molecule has 112 valence electrons. The topological polar surface area (TPSA) is 36.1 Å². The van der Waals surface area contributed by atoms with E-state index < -0.39 is 0 Å². The first-order chi connectivity index (χ1) is 10.8. The molecule has 1 aromatic heterocycles. The number of carbonyl (C=O) groups is 1. The van der Waals surface area contributed by atoms with Crippen LogP contribution in [-0.4, -0.2) is 21.8 Å². The number of hydrogen-bond donors (Lipinski definition) is 1. The summed E-state index contributed by atoms with van der Waals surface area (Å²) in [6, 6.07) is 9.10. The van der Waals surface area contributed by atoms with Crippen LogP contribution in [0.15, 0.2) is 36.4 Å². The molecule has 3 heteroatoms. The van der Waals surface area contributed by atoms with Crippen molar-refractivity contribution in [3.63, 3.8) is 0 Å². The van der Waals surface area contributed by atoms with Gasteiger partial charge < -0.3 is 9.88 Å². The van der Waals surface area contributed by atoms with Crippen LogP contribution < -0.4 is 0 Å². The van der Waals surface area contributed by atoms with Crippen molar-refractivity contribution >= 4 is 16.8 Å². The molecule has 0 unspecified atom stereocenters. The van der Waals surface area contributed by atoms with Gasteiger partial charge in [0.2, 0.25) is 5.91 Å². The summed E-state index contributed by atoms with van der Waals surface area (Å²) in [6.45, 7) is 2.21. The Morgan fingerprint density at radius 1 is 1.18 bits per heavy atom. The minimum atomic E-state index is 0.190. The normalized spacial score (nSPS) is 33.0. The molecule has 3 aliphatic rings. The molecular weight excluding hydrogens is 272 g/mol. The molecule has 22 heavy (non-hydrogen) atoms. The number of allylic oxidation sites excluding steroid dienone is 2. The molecule has 1 aliphatic carbocycles. The van der Waals surface area contributed by atoms with Crippen LogP contribution in [0.4, 0.5) is 0 Å². The smallest absolute Gasteiger partial charge is 0.227 e. The standard InChI is InChI=1S/C19H20N2O/c1-11-10-15-12-6-4-5-9-16(12)20-17(15)18-13-7-2-3-8-14(13)19(22)21(11)18/h2-6,9,11,13-14,18,20H,7-8,10H2,1H3/t11-,13+,14-,18+/m1/s1. The van der Waals surface area contributed by atoms with Crippen molar-refractivity contribution in [3.8, 4) is 0 Å². The Balaban J connectivity index is 1.73. The molecule has 0 spiro atoms. The van der Waals surface area contributed by atoms with Crippen LogP contribution >= 0.6 is 0 Å². The Morgan fingerprint density at radius 3 is 2.91 bits per heavy atom. The van der Waals surface area contributed by atoms with Crippen LogP contribution in [0.3, 0.4) is 0 Å². The number of carbonyl (C=O) groups excluding carboxylic acids is 1. The zero-order chi connectivity index (χ0) is 14.8. The van der Waals surface area contributed by atoms with E-state index >= 15 is 0 Å². The van der Waals surface area contributed by atoms with E-state index in [9.17, 15) is 4.79 Å². The summed E-state index contributed by atoms with van der Waals surface area (Å²) in [4.78, 5) is 18.7. The van der Waals surface area contributed by atoms with Gasteiger partial charge in [-0.05, 0) is 37.8 Å². The fourth-order valence-electron chi connectivity index (χ4n) is 4.93. The molecule has 0 radical (unpaired) electrons. The molecule has 2 aromatic rings. The first kappa shape index (κ1) is 12.5. The average Bonchev–Trinajstić information content (AvgIpc) is 3.05. The minimum absolute atomic E-state index is 0.190. The molecular formula is C19H20N2O. The van der Waals surface area contributed by atoms with E-state index in [1.54, 1.807) is 0 Å². The second kappa shape index (κ2) is 4.25. The number of para-hydroxylation sites is 1. The predicted molar refractivity (Wildman–Crippen MR) is 86.4 cm³/mol. The lowest BCUT2D eigenvalue weighted by Crippen LogP contribution is -2.42. The summed E-state index contributed by atoms with van der Waals surface area (Å²) < 4.78 is 0. The van der Waals surface area contributed by atoms with Crippen molar-refractivity contribution in [2.75, 3.05) is 0 Å². The quantitative estimate of drug-likeness (QED) is 0.740. The van der Waals surface area contributed by atoms with Gasteiger partial charge in [-0.3, -0.25) is 4.79 Å². The van der Waals surface area contributed by atoms with Gasteiger partial charge in [0, 0.05) is 34.5 Å². The van der Waals surface area contributed by atoms with Crippen LogP contribution in [0, 0.1) is 11.8 Å². The van der Waals surface area contributed by atoms with Crippen molar-refractivity contribution in [3.05, 3.63) is 47.7 Å². The third-order valence-corrected chi connectivity index (χ3v) is 5.88. The lowest BCUT2D eigenvalue weighted by Gasteiger charge is -2.37. The largest absolute Gasteiger partial charge is 0.356 e. The molecule has 5 rings (SSSR count). The number of hydrogen-bond acceptors (Lipinski definition) is 1. The average molecular weight is 292 g/mol. The zero-order valence-electron chi connectivity index (χ0n) is 12.8. The summed E-state index contributed by atoms with van der Waals surface area (Å²) >= 11 is 0. The van der Waals surface area contributed by atoms with Crippen LogP contribution in [0.2, 0.25) is 0 Å². The molecule has 0 saturated carbocycles. The Hall–Kier alpha value is -2.03. The molecule has 2 aliphatic heterocycles. The minimum Gasteiger partial charge on any atom is -0.356 e. The fourth-order valence-corrected chi connectivity index (χ4v) is 4.93. The highest BCUT2D eigenvalue weighted by Gasteiger charge is 2.52. The van der Waals surface area contributed by atoms with Crippen LogP contribution in [0.1, 0.15) is 37.1 Å². The summed E-state index contributed by atoms with van der Waals surface area (Å²) in [5, 5.41) is 1.34. The molecule has 1 aromatic carbocycles. The van der Waals surface area contributed by atoms with E-state index in [1.165, 1.54) is 22.2 Å². The Labute approximate surface area is 130 Å². The number of rotatable bonds is 0. The Morgan fingerprint density at radius 2 is 2.00 bits per heavy atom. The Bertz CT molecular complexity index is 803. The molecule has 1 saturated heterocycles. The molecule has 1 N–H and O–H groups in total. The molecule has 3 heterocycles. The van der Waals surface area contributed by atoms with Gasteiger partial charge in [0.25, 0.3) is 0 Å². The number of benzene rings is 1. The van der Waals surface area contributed by atoms with Crippen LogP contribution in [0.25, 0.3) is 10.9 Å². The first-order valence-corrected chi connectivity index (χ1v) is 8.32. The Kier molecular flexibility index (Phi) is 2.42. The number of amides is 1. The van der Waals surface area contributed by atoms with Gasteiger partial charge in [-0.2, -0.15) is 0 Å². The first-order valence-electron chi connectivity index (χ1n) is 8.32. The van der Waals surface area contributed by atoms with E-state index in [0.29, 0.717) is 17.9 Å². The molecule has 1 amide bonds. The van der Waals surface area contributed by atoms with E-state index in [-0.39, 0.29) is 12.0 Å². The maximum atomic E-state index is 12.9. The van der Waals surface area contributed by atoms with Crippen molar-refractivity contribution in [2.24, 2.45) is 11.8 Å². The second-order valence-electron chi connectivity index (χ2n) is 7.02. The van der Waals surface area contributed by atoms with Crippen molar-refractivity contribution in [1.29, 1.82) is 0 Å². The highest BCUT2D eigenvalue weighted by molar-refractivity contribution is 5.88. The number of nitrogens with zero attached hydrogens (tertiary/aromatic N) is 1. The van der Waals surface area contributed by atoms with Gasteiger partial charge in [-0.1, -0.05) is 30.4 Å². The zero-order valence-corrected chi connectivity index (χ0v) is 12.8. The summed E-state index contributed by atoms with van der Waals surface area (Å²) in [5.41, 5.74) is 3.95. The van der Waals surface area contributed by atoms with Gasteiger partial charge in [-0.15, -0.1) is 0 Å². The van der Waals surface area contributed by atoms with Gasteiger partial charge in [0.1, 0.15) is 0 Å². The van der Waals surface area contributed by atoms with Crippen LogP contribution in [0.5, 0.6) is 0 Å². The van der Waals surface area contributed by atoms with Crippen molar-refractivity contribution in [2.45, 2.75) is 38.3 Å². The molecule has 1 fully saturated rings. The number of nitrogens with one attached hydrogen (secondary N) is 1. The van der Waals surface area contributed by atoms with E-state index in [1.807, 2.05) is 0 Å². The molecule has 0 bridgehead atoms. The third kappa shape index (κ3) is 1.44. The SMILES string of the molecule is C[C@@H]1Cc2c([nH]c3ccccc23)[C@@H]2[C@H]3CC=CC[C@H]3C(=O)N12. The lowest BCUT2D eigenvalue weighted by molar-refractivity contribution is -0.134. The lowest BCUT2D eigenvalue weighted by atomic mass is 9.79. The summed E-state index contributed by atoms with van der Waals surface area (Å²) in [5.74, 6) is 0.998. The maximum Gasteiger partial charge on any atom is 0.227 e. The maximum absolute atomic E-state index is 12.9. The van der Waals surface area contributed by atoms with Crippen molar-refractivity contribution in [1.82, 2.24) is 9.88 Å². The number of H-pyrrole nitrogens is 1. The van der Waals surface area contributed by atoms with E-state index in [2.05, 4.69) is 53.2 Å². The van der Waals surface area contributed by atoms with Gasteiger partial charge in [-0.25, -0.2) is 0 Å². The number of fused-ring (bicyclic) bond motifs is 7. The number of aromatic nitrogens is 1. The number of aromatic amines is 1. The third-order valence-electron chi connectivity index (χ3n) is 5.88. The summed E-state index contributed by atoms with van der Waals surface area (Å²) in [7, 11) is 0. The van der Waals surface area contributed by atoms with E-state index in [4.69, 9.17) is 0 Å². The highest BCUT2D eigenvalue weighted by Crippen LogP contribution is 2.51. The molecule has 3 nitrogen and oxygen atoms in total. The fraction of sp³-hybridized carbons (Fsp3) is 0.421. The molecule has 4 atom stereocenters. The second-order valence-corrected chi connectivity index (χ2v) is 7.02. The van der Waals surface area contributed by atoms with Gasteiger partial charge in [0.15, 0.2) is 0 Å². The highest BCUT2D eigenvalue weighted by atomic mass is 16.2. The van der Waals surface area contributed by atoms with Gasteiger partial charge in [0.05, 0.1) is 6.04 Å². The van der Waals surface area contributed by atoms with Crippen LogP contribution in [-0.2, 0) is 11.2 Å². The van der Waals surface area contributed by atoms with Gasteiger partial charge >= 0.3 is 0 Å². The van der Waals surface area contributed by atoms with E-state index in [0.717, 1.165) is 19.3 Å². The van der Waals surface area contributed by atoms with Crippen molar-refractivity contribution < 1.29 is 4.79 Å². The predicted octanol–water partition coefficient (Wildman–Crippen LogP) is 3.58. The monoisotopic (exact) mass is 292 g/mol.